The summed E-state index contributed by atoms with van der Waals surface area (Å²) in [6.07, 6.45) is 12.4. The zero-order valence-corrected chi connectivity index (χ0v) is 18.3. The largest absolute Gasteiger partial charge is 0.507 e. The van der Waals surface area contributed by atoms with Crippen molar-refractivity contribution in [1.82, 2.24) is 0 Å². The van der Waals surface area contributed by atoms with Crippen molar-refractivity contribution in [1.29, 1.82) is 0 Å². The van der Waals surface area contributed by atoms with Crippen LogP contribution in [0.3, 0.4) is 0 Å². The van der Waals surface area contributed by atoms with E-state index in [2.05, 4.69) is 27.7 Å². The molecule has 0 spiro atoms. The number of phenols is 1. The van der Waals surface area contributed by atoms with Gasteiger partial charge in [-0.2, -0.15) is 0 Å². The number of aromatic hydroxyl groups is 1. The van der Waals surface area contributed by atoms with E-state index in [1.54, 1.807) is 0 Å². The van der Waals surface area contributed by atoms with E-state index in [1.807, 2.05) is 18.2 Å². The van der Waals surface area contributed by atoms with E-state index in [0.29, 0.717) is 5.75 Å². The van der Waals surface area contributed by atoms with Crippen molar-refractivity contribution < 1.29 is 5.11 Å². The van der Waals surface area contributed by atoms with Gasteiger partial charge in [-0.1, -0.05) is 97.3 Å². The van der Waals surface area contributed by atoms with Gasteiger partial charge in [0, 0.05) is 22.2 Å². The number of hydrogen-bond acceptors (Lipinski definition) is 3. The van der Waals surface area contributed by atoms with Gasteiger partial charge < -0.3 is 16.6 Å². The molecule has 0 aromatic heterocycles. The van der Waals surface area contributed by atoms with Crippen molar-refractivity contribution in [3.63, 3.8) is 0 Å². The Morgan fingerprint density at radius 3 is 1.22 bits per heavy atom. The highest BCUT2D eigenvalue weighted by Crippen LogP contribution is 2.42. The number of para-hydroxylation sites is 1. The lowest BCUT2D eigenvalue weighted by atomic mass is 9.76. The van der Waals surface area contributed by atoms with Gasteiger partial charge in [-0.15, -0.1) is 0 Å². The summed E-state index contributed by atoms with van der Waals surface area (Å²) < 4.78 is 0. The number of phenolic OH excluding ortho intramolecular Hbond substituents is 1. The number of unbranched alkanes of at least 4 members (excludes halogenated alkanes) is 4. The first kappa shape index (κ1) is 24.0. The van der Waals surface area contributed by atoms with Gasteiger partial charge in [-0.25, -0.2) is 0 Å². The van der Waals surface area contributed by atoms with Gasteiger partial charge >= 0.3 is 0 Å². The highest BCUT2D eigenvalue weighted by atomic mass is 16.3. The second kappa shape index (κ2) is 11.7. The van der Waals surface area contributed by atoms with Crippen LogP contribution in [-0.4, -0.2) is 5.11 Å². The summed E-state index contributed by atoms with van der Waals surface area (Å²) in [5.41, 5.74) is 14.7. The Morgan fingerprint density at radius 2 is 0.963 bits per heavy atom. The minimum Gasteiger partial charge on any atom is -0.507 e. The molecule has 0 heterocycles. The predicted molar refractivity (Wildman–Crippen MR) is 118 cm³/mol. The lowest BCUT2D eigenvalue weighted by Gasteiger charge is -2.35. The van der Waals surface area contributed by atoms with E-state index in [1.165, 1.54) is 0 Å². The van der Waals surface area contributed by atoms with Gasteiger partial charge in [-0.05, 0) is 25.7 Å². The van der Waals surface area contributed by atoms with Gasteiger partial charge in [0.05, 0.1) is 0 Å². The normalized spacial score (nSPS) is 12.5. The second-order valence-corrected chi connectivity index (χ2v) is 8.43. The summed E-state index contributed by atoms with van der Waals surface area (Å²) in [7, 11) is 0. The number of hydrogen-bond donors (Lipinski definition) is 3. The maximum Gasteiger partial charge on any atom is 0.125 e. The average Bonchev–Trinajstić information content (AvgIpc) is 2.67. The van der Waals surface area contributed by atoms with Crippen molar-refractivity contribution in [3.05, 3.63) is 29.3 Å². The van der Waals surface area contributed by atoms with Crippen LogP contribution in [-0.2, 0) is 11.1 Å². The number of benzene rings is 1. The molecule has 3 nitrogen and oxygen atoms in total. The summed E-state index contributed by atoms with van der Waals surface area (Å²) in [6, 6.07) is 6.08. The minimum atomic E-state index is -0.470. The first-order valence-electron chi connectivity index (χ1n) is 11.3. The monoisotopic (exact) mass is 376 g/mol. The van der Waals surface area contributed by atoms with Crippen molar-refractivity contribution in [2.75, 3.05) is 0 Å². The van der Waals surface area contributed by atoms with Crippen molar-refractivity contribution in [2.24, 2.45) is 11.5 Å². The standard InChI is InChI=1S/C24H44N2O/c1-5-9-16-23(25,17-10-6-2)20-14-13-15-21(22(20)27)24(26,18-11-7-3)19-12-8-4/h13-15,27H,5-12,16-19,25-26H2,1-4H3. The van der Waals surface area contributed by atoms with Gasteiger partial charge in [0.25, 0.3) is 0 Å². The Labute approximate surface area is 167 Å². The van der Waals surface area contributed by atoms with E-state index in [0.717, 1.165) is 88.2 Å². The lowest BCUT2D eigenvalue weighted by Crippen LogP contribution is -2.39. The first-order chi connectivity index (χ1) is 12.9. The molecule has 0 fully saturated rings. The van der Waals surface area contributed by atoms with Gasteiger partial charge in [0.15, 0.2) is 0 Å². The molecule has 0 aliphatic carbocycles. The molecule has 0 bridgehead atoms. The Hall–Kier alpha value is -1.06. The molecule has 27 heavy (non-hydrogen) atoms. The molecule has 0 amide bonds. The van der Waals surface area contributed by atoms with Gasteiger partial charge in [-0.3, -0.25) is 0 Å². The van der Waals surface area contributed by atoms with Gasteiger partial charge in [0.1, 0.15) is 5.75 Å². The van der Waals surface area contributed by atoms with Crippen LogP contribution in [0.25, 0.3) is 0 Å². The predicted octanol–water partition coefficient (Wildman–Crippen LogP) is 6.46. The fraction of sp³-hybridized carbons (Fsp3) is 0.750. The molecule has 0 aliphatic rings. The second-order valence-electron chi connectivity index (χ2n) is 8.43. The molecule has 0 atom stereocenters. The fourth-order valence-corrected chi connectivity index (χ4v) is 4.10. The summed E-state index contributed by atoms with van der Waals surface area (Å²) in [5, 5.41) is 11.3. The van der Waals surface area contributed by atoms with Crippen LogP contribution in [0.4, 0.5) is 0 Å². The highest BCUT2D eigenvalue weighted by molar-refractivity contribution is 5.47. The topological polar surface area (TPSA) is 72.3 Å². The Kier molecular flexibility index (Phi) is 10.4. The molecule has 3 heteroatoms. The molecule has 1 aromatic carbocycles. The molecular weight excluding hydrogens is 332 g/mol. The van der Waals surface area contributed by atoms with Crippen LogP contribution in [0.2, 0.25) is 0 Å². The Balaban J connectivity index is 3.34. The molecule has 0 saturated carbocycles. The van der Waals surface area contributed by atoms with Crippen LogP contribution in [0, 0.1) is 0 Å². The summed E-state index contributed by atoms with van der Waals surface area (Å²) in [4.78, 5) is 0. The highest BCUT2D eigenvalue weighted by Gasteiger charge is 2.34. The van der Waals surface area contributed by atoms with Crippen molar-refractivity contribution in [3.8, 4) is 5.75 Å². The number of rotatable bonds is 14. The summed E-state index contributed by atoms with van der Waals surface area (Å²) in [5.74, 6) is 0.349. The van der Waals surface area contributed by atoms with E-state index in [-0.39, 0.29) is 0 Å². The molecule has 0 saturated heterocycles. The molecule has 0 unspecified atom stereocenters. The third-order valence-electron chi connectivity index (χ3n) is 6.01. The summed E-state index contributed by atoms with van der Waals surface area (Å²) in [6.45, 7) is 8.77. The van der Waals surface area contributed by atoms with Crippen LogP contribution < -0.4 is 11.5 Å². The van der Waals surface area contributed by atoms with Crippen LogP contribution >= 0.6 is 0 Å². The molecule has 0 aliphatic heterocycles. The van der Waals surface area contributed by atoms with Crippen molar-refractivity contribution >= 4 is 0 Å². The molecule has 5 N–H and O–H groups in total. The van der Waals surface area contributed by atoms with E-state index >= 15 is 0 Å². The Morgan fingerprint density at radius 1 is 0.667 bits per heavy atom. The van der Waals surface area contributed by atoms with Crippen LogP contribution in [0.5, 0.6) is 5.75 Å². The number of nitrogens with two attached hydrogens (primary N) is 2. The first-order valence-corrected chi connectivity index (χ1v) is 11.3. The van der Waals surface area contributed by atoms with Crippen molar-refractivity contribution in [2.45, 2.75) is 116 Å². The molecule has 156 valence electrons. The third-order valence-corrected chi connectivity index (χ3v) is 6.01. The smallest absolute Gasteiger partial charge is 0.125 e. The van der Waals surface area contributed by atoms with E-state index < -0.39 is 11.1 Å². The van der Waals surface area contributed by atoms with E-state index in [9.17, 15) is 5.11 Å². The SMILES string of the molecule is CCCCC(N)(CCCC)c1cccc(C(N)(CCCC)CCCC)c1O. The molecule has 1 aromatic rings. The van der Waals surface area contributed by atoms with Crippen LogP contribution in [0.15, 0.2) is 18.2 Å². The molecule has 0 radical (unpaired) electrons. The summed E-state index contributed by atoms with van der Waals surface area (Å²) >= 11 is 0. The minimum absolute atomic E-state index is 0.349. The van der Waals surface area contributed by atoms with E-state index in [4.69, 9.17) is 11.5 Å². The zero-order valence-electron chi connectivity index (χ0n) is 18.3. The zero-order chi connectivity index (χ0) is 20.3. The van der Waals surface area contributed by atoms with Crippen LogP contribution in [0.1, 0.15) is 116 Å². The molecule has 1 rings (SSSR count). The Bertz CT molecular complexity index is 481. The quantitative estimate of drug-likeness (QED) is 0.349. The third kappa shape index (κ3) is 6.50. The average molecular weight is 377 g/mol. The fourth-order valence-electron chi connectivity index (χ4n) is 4.10. The maximum absolute atomic E-state index is 11.3. The lowest BCUT2D eigenvalue weighted by molar-refractivity contribution is 0.314. The molecular formula is C24H44N2O. The maximum atomic E-state index is 11.3. The van der Waals surface area contributed by atoms with Gasteiger partial charge in [0.2, 0.25) is 0 Å².